The lowest BCUT2D eigenvalue weighted by atomic mass is 10.1. The Morgan fingerprint density at radius 3 is 2.56 bits per heavy atom. The maximum Gasteiger partial charge on any atom is 0.411 e. The number of aromatic carboxylic acids is 1. The standard InChI is InChI=1S/C28H27F3N6O4/c1-27(2,3)41-26(40)32-13-16-10-11-36(14-16)23(28(29,30)31)19-7-9-22-34-35-24(37(22)15-19)20-8-6-17-4-5-18(25(38)39)12-21(17)33-20/h4-9,12-13,15,23H,10-11,14H2,1-3H3,(H,32,40)(H,38,39)/b16-13+. The predicted octanol–water partition coefficient (Wildman–Crippen LogP) is 5.36. The van der Waals surface area contributed by atoms with Crippen molar-refractivity contribution in [3.05, 3.63) is 71.6 Å². The largest absolute Gasteiger partial charge is 0.478 e. The predicted molar refractivity (Wildman–Crippen MR) is 143 cm³/mol. The number of aromatic nitrogens is 4. The van der Waals surface area contributed by atoms with Crippen LogP contribution in [0, 0.1) is 0 Å². The Morgan fingerprint density at radius 1 is 1.10 bits per heavy atom. The van der Waals surface area contributed by atoms with Gasteiger partial charge in [0.2, 0.25) is 0 Å². The molecule has 5 rings (SSSR count). The average Bonchev–Trinajstić information content (AvgIpc) is 3.52. The number of pyridine rings is 2. The molecule has 1 aromatic carbocycles. The minimum atomic E-state index is -4.59. The maximum atomic E-state index is 14.5. The Bertz CT molecular complexity index is 1680. The quantitative estimate of drug-likeness (QED) is 0.330. The fourth-order valence-corrected chi connectivity index (χ4v) is 4.74. The average molecular weight is 569 g/mol. The first kappa shape index (κ1) is 28.0. The molecule has 1 fully saturated rings. The van der Waals surface area contributed by atoms with E-state index in [9.17, 15) is 27.9 Å². The van der Waals surface area contributed by atoms with Crippen LogP contribution in [0.15, 0.2) is 60.4 Å². The molecule has 10 nitrogen and oxygen atoms in total. The van der Waals surface area contributed by atoms with E-state index in [4.69, 9.17) is 4.74 Å². The van der Waals surface area contributed by atoms with E-state index >= 15 is 0 Å². The van der Waals surface area contributed by atoms with Crippen LogP contribution in [0.1, 0.15) is 49.2 Å². The number of alkyl halides is 3. The van der Waals surface area contributed by atoms with Crippen LogP contribution in [0.5, 0.6) is 0 Å². The molecular weight excluding hydrogens is 541 g/mol. The Morgan fingerprint density at radius 2 is 1.85 bits per heavy atom. The zero-order valence-electron chi connectivity index (χ0n) is 22.4. The van der Waals surface area contributed by atoms with E-state index in [0.717, 1.165) is 0 Å². The molecule has 2 N–H and O–H groups in total. The highest BCUT2D eigenvalue weighted by Gasteiger charge is 2.46. The Kier molecular flexibility index (Phi) is 7.15. The van der Waals surface area contributed by atoms with Gasteiger partial charge in [0.15, 0.2) is 11.5 Å². The molecule has 13 heteroatoms. The van der Waals surface area contributed by atoms with Crippen molar-refractivity contribution < 1.29 is 32.6 Å². The summed E-state index contributed by atoms with van der Waals surface area (Å²) < 4.78 is 50.0. The summed E-state index contributed by atoms with van der Waals surface area (Å²) in [5, 5.41) is 20.7. The Hall–Kier alpha value is -4.52. The Balaban J connectivity index is 1.45. The molecule has 0 saturated carbocycles. The number of carbonyl (C=O) groups excluding carboxylic acids is 1. The van der Waals surface area contributed by atoms with Gasteiger partial charge in [0.25, 0.3) is 0 Å². The normalized spacial score (nSPS) is 16.4. The highest BCUT2D eigenvalue weighted by Crippen LogP contribution is 2.40. The van der Waals surface area contributed by atoms with E-state index in [-0.39, 0.29) is 30.0 Å². The summed E-state index contributed by atoms with van der Waals surface area (Å²) >= 11 is 0. The summed E-state index contributed by atoms with van der Waals surface area (Å²) in [6.07, 6.45) is -2.17. The van der Waals surface area contributed by atoms with Gasteiger partial charge in [0.1, 0.15) is 17.3 Å². The van der Waals surface area contributed by atoms with Crippen LogP contribution in [0.2, 0.25) is 0 Å². The summed E-state index contributed by atoms with van der Waals surface area (Å²) in [6.45, 7) is 5.29. The lowest BCUT2D eigenvalue weighted by molar-refractivity contribution is -0.183. The van der Waals surface area contributed by atoms with E-state index in [1.807, 2.05) is 0 Å². The zero-order chi connectivity index (χ0) is 29.5. The molecular formula is C28H27F3N6O4. The number of nitrogens with zero attached hydrogens (tertiary/aromatic N) is 5. The van der Waals surface area contributed by atoms with E-state index in [1.165, 1.54) is 46.0 Å². The molecule has 0 bridgehead atoms. The van der Waals surface area contributed by atoms with Crippen LogP contribution in [0.3, 0.4) is 0 Å². The SMILES string of the molecule is CC(C)(C)OC(=O)N/C=C1\CCN(C(c2ccc3nnc(-c4ccc5ccc(C(=O)O)cc5n4)n3c2)C(F)(F)F)C1. The molecule has 1 saturated heterocycles. The highest BCUT2D eigenvalue weighted by atomic mass is 19.4. The van der Waals surface area contributed by atoms with Crippen molar-refractivity contribution in [3.8, 4) is 11.5 Å². The number of ether oxygens (including phenoxy) is 1. The van der Waals surface area contributed by atoms with Gasteiger partial charge in [-0.05, 0) is 62.6 Å². The Labute approximate surface area is 232 Å². The molecule has 0 spiro atoms. The van der Waals surface area contributed by atoms with Crippen molar-refractivity contribution in [2.75, 3.05) is 13.1 Å². The van der Waals surface area contributed by atoms with E-state index in [0.29, 0.717) is 34.2 Å². The number of amides is 1. The number of carbonyl (C=O) groups is 2. The van der Waals surface area contributed by atoms with E-state index in [2.05, 4.69) is 20.5 Å². The van der Waals surface area contributed by atoms with Gasteiger partial charge in [-0.3, -0.25) is 14.6 Å². The second-order valence-corrected chi connectivity index (χ2v) is 10.7. The second kappa shape index (κ2) is 10.5. The molecule has 1 amide bonds. The molecule has 1 unspecified atom stereocenters. The van der Waals surface area contributed by atoms with Crippen LogP contribution < -0.4 is 5.32 Å². The van der Waals surface area contributed by atoms with Crippen molar-refractivity contribution in [2.24, 2.45) is 0 Å². The minimum Gasteiger partial charge on any atom is -0.478 e. The summed E-state index contributed by atoms with van der Waals surface area (Å²) in [6, 6.07) is 8.83. The van der Waals surface area contributed by atoms with Crippen molar-refractivity contribution >= 4 is 28.6 Å². The molecule has 4 heterocycles. The number of fused-ring (bicyclic) bond motifs is 2. The number of likely N-dealkylation sites (tertiary alicyclic amines) is 1. The fraction of sp³-hybridized carbons (Fsp3) is 0.321. The molecule has 4 aromatic rings. The number of hydrogen-bond donors (Lipinski definition) is 2. The van der Waals surface area contributed by atoms with Gasteiger partial charge < -0.3 is 9.84 Å². The van der Waals surface area contributed by atoms with Gasteiger partial charge in [-0.2, -0.15) is 13.2 Å². The molecule has 3 aromatic heterocycles. The summed E-state index contributed by atoms with van der Waals surface area (Å²) in [5.74, 6) is -0.885. The molecule has 1 aliphatic rings. The number of alkyl carbamates (subject to hydrolysis) is 1. The zero-order valence-corrected chi connectivity index (χ0v) is 22.4. The maximum absolute atomic E-state index is 14.5. The first-order chi connectivity index (χ1) is 19.3. The number of nitrogens with one attached hydrogen (secondary N) is 1. The number of halogens is 3. The lowest BCUT2D eigenvalue weighted by Crippen LogP contribution is -2.37. The number of benzene rings is 1. The van der Waals surface area contributed by atoms with Crippen LogP contribution in [-0.2, 0) is 4.74 Å². The van der Waals surface area contributed by atoms with Crippen molar-refractivity contribution in [2.45, 2.75) is 45.0 Å². The third-order valence-corrected chi connectivity index (χ3v) is 6.50. The molecule has 0 radical (unpaired) electrons. The van der Waals surface area contributed by atoms with Gasteiger partial charge in [-0.15, -0.1) is 10.2 Å². The summed E-state index contributed by atoms with van der Waals surface area (Å²) in [5.41, 5.74) is 1.04. The monoisotopic (exact) mass is 568 g/mol. The molecule has 214 valence electrons. The number of carboxylic acids is 1. The van der Waals surface area contributed by atoms with Gasteiger partial charge in [-0.1, -0.05) is 18.2 Å². The number of carboxylic acid groups (broad SMARTS) is 1. The highest BCUT2D eigenvalue weighted by molar-refractivity contribution is 5.93. The third kappa shape index (κ3) is 6.14. The molecule has 41 heavy (non-hydrogen) atoms. The van der Waals surface area contributed by atoms with Crippen LogP contribution in [-0.4, -0.2) is 66.5 Å². The van der Waals surface area contributed by atoms with Gasteiger partial charge in [-0.25, -0.2) is 14.6 Å². The first-order valence-corrected chi connectivity index (χ1v) is 12.8. The summed E-state index contributed by atoms with van der Waals surface area (Å²) in [7, 11) is 0. The van der Waals surface area contributed by atoms with Crippen LogP contribution >= 0.6 is 0 Å². The van der Waals surface area contributed by atoms with Gasteiger partial charge in [0, 0.05) is 30.9 Å². The molecule has 0 aliphatic carbocycles. The van der Waals surface area contributed by atoms with E-state index < -0.39 is 29.9 Å². The first-order valence-electron chi connectivity index (χ1n) is 12.8. The molecule has 1 aliphatic heterocycles. The van der Waals surface area contributed by atoms with Crippen molar-refractivity contribution in [1.29, 1.82) is 0 Å². The van der Waals surface area contributed by atoms with E-state index in [1.54, 1.807) is 39.0 Å². The van der Waals surface area contributed by atoms with Crippen LogP contribution in [0.4, 0.5) is 18.0 Å². The van der Waals surface area contributed by atoms with Crippen molar-refractivity contribution in [3.63, 3.8) is 0 Å². The number of hydrogen-bond acceptors (Lipinski definition) is 7. The third-order valence-electron chi connectivity index (χ3n) is 6.50. The van der Waals surface area contributed by atoms with Crippen molar-refractivity contribution in [1.82, 2.24) is 29.8 Å². The fourth-order valence-electron chi connectivity index (χ4n) is 4.74. The number of rotatable bonds is 5. The minimum absolute atomic E-state index is 0.00515. The second-order valence-electron chi connectivity index (χ2n) is 10.7. The topological polar surface area (TPSA) is 122 Å². The smallest absolute Gasteiger partial charge is 0.411 e. The summed E-state index contributed by atoms with van der Waals surface area (Å²) in [4.78, 5) is 29.2. The van der Waals surface area contributed by atoms with Gasteiger partial charge in [0.05, 0.1) is 11.1 Å². The van der Waals surface area contributed by atoms with Gasteiger partial charge >= 0.3 is 18.2 Å². The lowest BCUT2D eigenvalue weighted by Gasteiger charge is -2.29. The van der Waals surface area contributed by atoms with Crippen LogP contribution in [0.25, 0.3) is 28.1 Å². The molecule has 1 atom stereocenters.